The van der Waals surface area contributed by atoms with E-state index >= 15 is 0 Å². The van der Waals surface area contributed by atoms with Crippen LogP contribution in [0.2, 0.25) is 0 Å². The Labute approximate surface area is 155 Å². The van der Waals surface area contributed by atoms with E-state index in [1.807, 2.05) is 6.07 Å². The highest BCUT2D eigenvalue weighted by atomic mass is 19.4. The van der Waals surface area contributed by atoms with Crippen molar-refractivity contribution in [2.45, 2.75) is 6.18 Å². The van der Waals surface area contributed by atoms with Crippen LogP contribution >= 0.6 is 0 Å². The number of para-hydroxylation sites is 1. The van der Waals surface area contributed by atoms with Crippen molar-refractivity contribution in [1.29, 1.82) is 0 Å². The Balaban J connectivity index is 1.74. The van der Waals surface area contributed by atoms with Gasteiger partial charge in [0.05, 0.1) is 16.2 Å². The second-order valence-corrected chi connectivity index (χ2v) is 5.55. The van der Waals surface area contributed by atoms with Crippen LogP contribution in [0, 0.1) is 10.1 Å². The van der Waals surface area contributed by atoms with E-state index in [1.54, 1.807) is 30.5 Å². The molecule has 3 aromatic rings. The highest BCUT2D eigenvalue weighted by Crippen LogP contribution is 2.34. The lowest BCUT2D eigenvalue weighted by Gasteiger charge is -2.11. The van der Waals surface area contributed by atoms with Gasteiger partial charge in [-0.15, -0.1) is 0 Å². The summed E-state index contributed by atoms with van der Waals surface area (Å²) in [6, 6.07) is 12.3. The van der Waals surface area contributed by atoms with Crippen LogP contribution in [-0.4, -0.2) is 20.6 Å². The molecule has 0 atom stereocenters. The molecule has 0 spiro atoms. The van der Waals surface area contributed by atoms with E-state index in [-0.39, 0.29) is 11.4 Å². The molecule has 1 amide bonds. The van der Waals surface area contributed by atoms with Gasteiger partial charge >= 0.3 is 6.18 Å². The lowest BCUT2D eigenvalue weighted by molar-refractivity contribution is -0.384. The molecule has 1 heterocycles. The molecule has 0 bridgehead atoms. The van der Waals surface area contributed by atoms with Crippen molar-refractivity contribution in [3.8, 4) is 5.69 Å². The van der Waals surface area contributed by atoms with Crippen LogP contribution in [0.15, 0.2) is 60.8 Å². The summed E-state index contributed by atoms with van der Waals surface area (Å²) in [7, 11) is 0. The first-order valence-corrected chi connectivity index (χ1v) is 7.79. The highest BCUT2D eigenvalue weighted by Gasteiger charge is 2.33. The number of aromatic nitrogens is 2. The van der Waals surface area contributed by atoms with Gasteiger partial charge in [0.25, 0.3) is 11.6 Å². The van der Waals surface area contributed by atoms with Crippen molar-refractivity contribution in [1.82, 2.24) is 15.2 Å². The van der Waals surface area contributed by atoms with E-state index in [0.717, 1.165) is 6.07 Å². The number of nitrogens with zero attached hydrogens (tertiary/aromatic N) is 3. The number of alkyl halides is 3. The van der Waals surface area contributed by atoms with E-state index < -0.39 is 28.3 Å². The van der Waals surface area contributed by atoms with Crippen LogP contribution in [0.1, 0.15) is 16.1 Å². The number of carbonyl (C=O) groups excluding carboxylic acids is 1. The van der Waals surface area contributed by atoms with Gasteiger partial charge in [0, 0.05) is 12.3 Å². The first-order valence-electron chi connectivity index (χ1n) is 7.79. The smallest absolute Gasteiger partial charge is 0.292 e. The van der Waals surface area contributed by atoms with Gasteiger partial charge in [0.1, 0.15) is 5.69 Å². The lowest BCUT2D eigenvalue weighted by atomic mass is 10.1. The average Bonchev–Trinajstić information content (AvgIpc) is 3.16. The zero-order valence-electron chi connectivity index (χ0n) is 14.0. The molecule has 0 aliphatic rings. The zero-order chi connectivity index (χ0) is 20.3. The van der Waals surface area contributed by atoms with E-state index in [1.165, 1.54) is 10.7 Å². The summed E-state index contributed by atoms with van der Waals surface area (Å²) in [5, 5.41) is 15.1. The monoisotopic (exact) mass is 391 g/mol. The van der Waals surface area contributed by atoms with Crippen molar-refractivity contribution in [3.05, 3.63) is 82.2 Å². The fourth-order valence-electron chi connectivity index (χ4n) is 2.32. The van der Waals surface area contributed by atoms with Gasteiger partial charge in [-0.25, -0.2) is 4.68 Å². The molecule has 0 saturated heterocycles. The van der Waals surface area contributed by atoms with Crippen LogP contribution in [0.4, 0.5) is 24.5 Å². The van der Waals surface area contributed by atoms with Gasteiger partial charge in [-0.05, 0) is 30.3 Å². The Morgan fingerprint density at radius 1 is 1.11 bits per heavy atom. The van der Waals surface area contributed by atoms with Crippen LogP contribution < -0.4 is 10.9 Å². The molecule has 0 radical (unpaired) electrons. The van der Waals surface area contributed by atoms with E-state index in [2.05, 4.69) is 16.0 Å². The number of carbonyl (C=O) groups is 1. The molecule has 2 N–H and O–H groups in total. The minimum atomic E-state index is -4.73. The van der Waals surface area contributed by atoms with Gasteiger partial charge in [-0.2, -0.15) is 18.3 Å². The van der Waals surface area contributed by atoms with Crippen LogP contribution in [0.25, 0.3) is 5.69 Å². The maximum absolute atomic E-state index is 12.7. The van der Waals surface area contributed by atoms with Gasteiger partial charge in [-0.3, -0.25) is 25.8 Å². The third-order valence-electron chi connectivity index (χ3n) is 3.67. The minimum absolute atomic E-state index is 0.00548. The summed E-state index contributed by atoms with van der Waals surface area (Å²) in [5.74, 6) is -0.719. The van der Waals surface area contributed by atoms with Gasteiger partial charge < -0.3 is 0 Å². The standard InChI is InChI=1S/C17H12F3N5O3/c18-17(19,20)11-6-7-13(15(10-11)25(27)28)21-22-16(26)14-8-9-24(23-14)12-4-2-1-3-5-12/h1-10,21H,(H,22,26). The summed E-state index contributed by atoms with van der Waals surface area (Å²) in [6.07, 6.45) is -3.18. The molecule has 0 saturated carbocycles. The quantitative estimate of drug-likeness (QED) is 0.512. The first kappa shape index (κ1) is 18.9. The number of anilines is 1. The molecule has 28 heavy (non-hydrogen) atoms. The number of amides is 1. The molecule has 8 nitrogen and oxygen atoms in total. The molecule has 1 aromatic heterocycles. The van der Waals surface area contributed by atoms with Crippen molar-refractivity contribution < 1.29 is 22.9 Å². The van der Waals surface area contributed by atoms with E-state index in [9.17, 15) is 28.1 Å². The fourth-order valence-corrected chi connectivity index (χ4v) is 2.32. The predicted octanol–water partition coefficient (Wildman–Crippen LogP) is 3.56. The molecular formula is C17H12F3N5O3. The van der Waals surface area contributed by atoms with E-state index in [0.29, 0.717) is 17.8 Å². The number of hydrogen-bond acceptors (Lipinski definition) is 5. The van der Waals surface area contributed by atoms with Crippen LogP contribution in [0.5, 0.6) is 0 Å². The molecule has 0 aliphatic carbocycles. The van der Waals surface area contributed by atoms with Gasteiger partial charge in [0.15, 0.2) is 5.69 Å². The Hall–Kier alpha value is -3.89. The summed E-state index contributed by atoms with van der Waals surface area (Å²) in [4.78, 5) is 22.2. The number of benzene rings is 2. The Bertz CT molecular complexity index is 1020. The maximum Gasteiger partial charge on any atom is 0.416 e. The Kier molecular flexibility index (Phi) is 4.98. The maximum atomic E-state index is 12.7. The SMILES string of the molecule is O=C(NNc1ccc(C(F)(F)F)cc1[N+](=O)[O-])c1ccn(-c2ccccc2)n1. The molecule has 144 valence electrons. The fraction of sp³-hybridized carbons (Fsp3) is 0.0588. The lowest BCUT2D eigenvalue weighted by Crippen LogP contribution is -2.30. The molecule has 2 aromatic carbocycles. The number of hydrogen-bond donors (Lipinski definition) is 2. The highest BCUT2D eigenvalue weighted by molar-refractivity contribution is 5.93. The Morgan fingerprint density at radius 3 is 2.46 bits per heavy atom. The van der Waals surface area contributed by atoms with Crippen molar-refractivity contribution in [3.63, 3.8) is 0 Å². The van der Waals surface area contributed by atoms with E-state index in [4.69, 9.17) is 0 Å². The number of nitrogens with one attached hydrogen (secondary N) is 2. The summed E-state index contributed by atoms with van der Waals surface area (Å²) >= 11 is 0. The normalized spacial score (nSPS) is 11.1. The molecule has 0 fully saturated rings. The van der Waals surface area contributed by atoms with Crippen LogP contribution in [-0.2, 0) is 6.18 Å². The van der Waals surface area contributed by atoms with Crippen LogP contribution in [0.3, 0.4) is 0 Å². The molecule has 0 aliphatic heterocycles. The number of nitro groups is 1. The number of rotatable bonds is 5. The average molecular weight is 391 g/mol. The summed E-state index contributed by atoms with van der Waals surface area (Å²) < 4.78 is 39.6. The van der Waals surface area contributed by atoms with Crippen molar-refractivity contribution in [2.24, 2.45) is 0 Å². The van der Waals surface area contributed by atoms with Gasteiger partial charge in [0.2, 0.25) is 0 Å². The second kappa shape index (κ2) is 7.39. The number of nitro benzene ring substituents is 1. The van der Waals surface area contributed by atoms with Gasteiger partial charge in [-0.1, -0.05) is 18.2 Å². The molecule has 11 heteroatoms. The Morgan fingerprint density at radius 2 is 1.82 bits per heavy atom. The van der Waals surface area contributed by atoms with Crippen molar-refractivity contribution in [2.75, 3.05) is 5.43 Å². The second-order valence-electron chi connectivity index (χ2n) is 5.55. The van der Waals surface area contributed by atoms with Crippen molar-refractivity contribution >= 4 is 17.3 Å². The number of halogens is 3. The third-order valence-corrected chi connectivity index (χ3v) is 3.67. The third kappa shape index (κ3) is 4.09. The molecular weight excluding hydrogens is 379 g/mol. The predicted molar refractivity (Wildman–Crippen MR) is 92.8 cm³/mol. The summed E-state index contributed by atoms with van der Waals surface area (Å²) in [5.41, 5.74) is 2.87. The molecule has 0 unspecified atom stereocenters. The minimum Gasteiger partial charge on any atom is -0.292 e. The topological polar surface area (TPSA) is 102 Å². The largest absolute Gasteiger partial charge is 0.416 e. The summed E-state index contributed by atoms with van der Waals surface area (Å²) in [6.45, 7) is 0. The zero-order valence-corrected chi connectivity index (χ0v) is 14.0. The number of hydrazine groups is 1. The first-order chi connectivity index (χ1) is 13.3. The molecule has 3 rings (SSSR count).